The standard InChI is InChI=1S/C13H13F3N4O/c1-6-8(17)4-5-9(18-6)10-11(21)20(7-2-3-7)12(19-10)13(14,15)16/h4-5,7,10H,2-3,17H2,1H3. The average molecular weight is 298 g/mol. The Morgan fingerprint density at radius 3 is 2.52 bits per heavy atom. The molecule has 3 rings (SSSR count). The van der Waals surface area contributed by atoms with Gasteiger partial charge in [-0.2, -0.15) is 13.2 Å². The van der Waals surface area contributed by atoms with Crippen molar-refractivity contribution in [2.45, 2.75) is 38.0 Å². The summed E-state index contributed by atoms with van der Waals surface area (Å²) in [6.45, 7) is 1.63. The van der Waals surface area contributed by atoms with Gasteiger partial charge in [0.15, 0.2) is 6.04 Å². The van der Waals surface area contributed by atoms with Crippen LogP contribution in [0.4, 0.5) is 18.9 Å². The Labute approximate surface area is 118 Å². The van der Waals surface area contributed by atoms with Crippen LogP contribution in [0.5, 0.6) is 0 Å². The summed E-state index contributed by atoms with van der Waals surface area (Å²) in [5.41, 5.74) is 6.71. The van der Waals surface area contributed by atoms with E-state index in [0.29, 0.717) is 24.2 Å². The molecule has 0 bridgehead atoms. The molecule has 21 heavy (non-hydrogen) atoms. The molecule has 8 heteroatoms. The molecule has 1 aliphatic carbocycles. The number of aromatic nitrogens is 1. The maximum absolute atomic E-state index is 13.0. The van der Waals surface area contributed by atoms with Crippen LogP contribution in [0.25, 0.3) is 0 Å². The van der Waals surface area contributed by atoms with Crippen LogP contribution in [0.3, 0.4) is 0 Å². The second kappa shape index (κ2) is 4.44. The number of carbonyl (C=O) groups excluding carboxylic acids is 1. The smallest absolute Gasteiger partial charge is 0.397 e. The lowest BCUT2D eigenvalue weighted by atomic mass is 10.1. The number of amides is 1. The Kier molecular flexibility index (Phi) is 2.93. The number of rotatable bonds is 2. The molecule has 1 aliphatic heterocycles. The molecule has 0 aromatic carbocycles. The van der Waals surface area contributed by atoms with Crippen molar-refractivity contribution in [2.24, 2.45) is 4.99 Å². The number of pyridine rings is 1. The zero-order valence-corrected chi connectivity index (χ0v) is 11.2. The minimum Gasteiger partial charge on any atom is -0.397 e. The molecule has 1 aromatic heterocycles. The number of carbonyl (C=O) groups is 1. The van der Waals surface area contributed by atoms with Gasteiger partial charge in [0, 0.05) is 6.04 Å². The molecule has 5 nitrogen and oxygen atoms in total. The fraction of sp³-hybridized carbons (Fsp3) is 0.462. The molecule has 2 N–H and O–H groups in total. The number of amidine groups is 1. The van der Waals surface area contributed by atoms with E-state index in [1.165, 1.54) is 12.1 Å². The van der Waals surface area contributed by atoms with Crippen LogP contribution in [0, 0.1) is 6.92 Å². The first-order valence-corrected chi connectivity index (χ1v) is 6.50. The van der Waals surface area contributed by atoms with Gasteiger partial charge in [0.1, 0.15) is 0 Å². The van der Waals surface area contributed by atoms with Crippen molar-refractivity contribution in [3.05, 3.63) is 23.5 Å². The maximum atomic E-state index is 13.0. The van der Waals surface area contributed by atoms with Crippen molar-refractivity contribution in [2.75, 3.05) is 5.73 Å². The second-order valence-electron chi connectivity index (χ2n) is 5.20. The van der Waals surface area contributed by atoms with Gasteiger partial charge in [-0.25, -0.2) is 4.99 Å². The maximum Gasteiger partial charge on any atom is 0.449 e. The van der Waals surface area contributed by atoms with E-state index >= 15 is 0 Å². The first-order valence-electron chi connectivity index (χ1n) is 6.50. The summed E-state index contributed by atoms with van der Waals surface area (Å²) in [5, 5.41) is 0. The number of anilines is 1. The van der Waals surface area contributed by atoms with E-state index in [2.05, 4.69) is 9.98 Å². The van der Waals surface area contributed by atoms with Crippen molar-refractivity contribution >= 4 is 17.4 Å². The first kappa shape index (κ1) is 13.8. The van der Waals surface area contributed by atoms with Gasteiger partial charge in [0.2, 0.25) is 5.84 Å². The SMILES string of the molecule is Cc1nc(C2N=C(C(F)(F)F)N(C3CC3)C2=O)ccc1N. The number of nitrogens with zero attached hydrogens (tertiary/aromatic N) is 3. The highest BCUT2D eigenvalue weighted by Crippen LogP contribution is 2.39. The van der Waals surface area contributed by atoms with E-state index in [1.54, 1.807) is 6.92 Å². The minimum atomic E-state index is -4.64. The van der Waals surface area contributed by atoms with Crippen LogP contribution in [-0.4, -0.2) is 33.8 Å². The molecule has 0 radical (unpaired) electrons. The molecule has 1 atom stereocenters. The molecule has 1 amide bonds. The molecule has 1 saturated carbocycles. The number of aryl methyl sites for hydroxylation is 1. The first-order chi connectivity index (χ1) is 9.79. The zero-order valence-electron chi connectivity index (χ0n) is 11.2. The van der Waals surface area contributed by atoms with E-state index < -0.39 is 30.0 Å². The Hall–Kier alpha value is -2.12. The number of nitrogens with two attached hydrogens (primary N) is 1. The van der Waals surface area contributed by atoms with E-state index in [-0.39, 0.29) is 5.69 Å². The number of alkyl halides is 3. The van der Waals surface area contributed by atoms with Gasteiger partial charge < -0.3 is 5.73 Å². The zero-order chi connectivity index (χ0) is 15.4. The topological polar surface area (TPSA) is 71.6 Å². The normalized spacial score (nSPS) is 22.7. The minimum absolute atomic E-state index is 0.191. The highest BCUT2D eigenvalue weighted by Gasteiger charge is 2.53. The predicted molar refractivity (Wildman–Crippen MR) is 69.5 cm³/mol. The summed E-state index contributed by atoms with van der Waals surface area (Å²) < 4.78 is 39.1. The van der Waals surface area contributed by atoms with Crippen LogP contribution >= 0.6 is 0 Å². The quantitative estimate of drug-likeness (QED) is 0.907. The fourth-order valence-corrected chi connectivity index (χ4v) is 2.31. The van der Waals surface area contributed by atoms with Gasteiger partial charge in [-0.3, -0.25) is 14.7 Å². The van der Waals surface area contributed by atoms with E-state index in [0.717, 1.165) is 4.90 Å². The van der Waals surface area contributed by atoms with Gasteiger partial charge in [0.25, 0.3) is 5.91 Å². The summed E-state index contributed by atoms with van der Waals surface area (Å²) >= 11 is 0. The van der Waals surface area contributed by atoms with Gasteiger partial charge in [-0.05, 0) is 31.9 Å². The molecule has 1 unspecified atom stereocenters. The second-order valence-corrected chi connectivity index (χ2v) is 5.20. The molecule has 1 fully saturated rings. The van der Waals surface area contributed by atoms with Crippen molar-refractivity contribution in [1.82, 2.24) is 9.88 Å². The summed E-state index contributed by atoms with van der Waals surface area (Å²) in [7, 11) is 0. The molecule has 1 aromatic rings. The lowest BCUT2D eigenvalue weighted by Crippen LogP contribution is -2.42. The highest BCUT2D eigenvalue weighted by atomic mass is 19.4. The average Bonchev–Trinajstić information content (AvgIpc) is 3.15. The Bertz CT molecular complexity index is 637. The van der Waals surface area contributed by atoms with E-state index in [9.17, 15) is 18.0 Å². The van der Waals surface area contributed by atoms with Crippen molar-refractivity contribution in [1.29, 1.82) is 0 Å². The Balaban J connectivity index is 2.00. The monoisotopic (exact) mass is 298 g/mol. The number of halogens is 3. The summed E-state index contributed by atoms with van der Waals surface area (Å²) in [5.74, 6) is -1.78. The largest absolute Gasteiger partial charge is 0.449 e. The summed E-state index contributed by atoms with van der Waals surface area (Å²) in [6.07, 6.45) is -3.50. The van der Waals surface area contributed by atoms with Crippen molar-refractivity contribution in [3.63, 3.8) is 0 Å². The lowest BCUT2D eigenvalue weighted by Gasteiger charge is -2.19. The van der Waals surface area contributed by atoms with Gasteiger partial charge in [-0.15, -0.1) is 0 Å². The third kappa shape index (κ3) is 2.34. The number of nitrogen functional groups attached to an aromatic ring is 1. The van der Waals surface area contributed by atoms with Crippen molar-refractivity contribution in [3.8, 4) is 0 Å². The molecular formula is C13H13F3N4O. The fourth-order valence-electron chi connectivity index (χ4n) is 2.31. The van der Waals surface area contributed by atoms with Crippen LogP contribution in [0.1, 0.15) is 30.3 Å². The summed E-state index contributed by atoms with van der Waals surface area (Å²) in [6, 6.07) is 1.34. The van der Waals surface area contributed by atoms with Crippen LogP contribution in [0.2, 0.25) is 0 Å². The van der Waals surface area contributed by atoms with Gasteiger partial charge >= 0.3 is 6.18 Å². The molecule has 2 heterocycles. The van der Waals surface area contributed by atoms with Gasteiger partial charge in [-0.1, -0.05) is 0 Å². The Morgan fingerprint density at radius 1 is 1.33 bits per heavy atom. The third-order valence-electron chi connectivity index (χ3n) is 3.54. The van der Waals surface area contributed by atoms with E-state index in [1.807, 2.05) is 0 Å². The van der Waals surface area contributed by atoms with Crippen LogP contribution in [0.15, 0.2) is 17.1 Å². The lowest BCUT2D eigenvalue weighted by molar-refractivity contribution is -0.130. The third-order valence-corrected chi connectivity index (χ3v) is 3.54. The molecule has 112 valence electrons. The molecule has 2 aliphatic rings. The molecule has 0 saturated heterocycles. The van der Waals surface area contributed by atoms with Crippen LogP contribution < -0.4 is 5.73 Å². The molecule has 0 spiro atoms. The number of aliphatic imine (C=N–C) groups is 1. The van der Waals surface area contributed by atoms with E-state index in [4.69, 9.17) is 5.73 Å². The summed E-state index contributed by atoms with van der Waals surface area (Å²) in [4.78, 5) is 20.7. The van der Waals surface area contributed by atoms with Gasteiger partial charge in [0.05, 0.1) is 17.1 Å². The highest BCUT2D eigenvalue weighted by molar-refractivity contribution is 6.08. The number of hydrogen-bond acceptors (Lipinski definition) is 4. The van der Waals surface area contributed by atoms with Crippen LogP contribution in [-0.2, 0) is 4.79 Å². The predicted octanol–water partition coefficient (Wildman–Crippen LogP) is 1.98. The molecular weight excluding hydrogens is 285 g/mol. The Morgan fingerprint density at radius 2 is 2.00 bits per heavy atom. The number of hydrogen-bond donors (Lipinski definition) is 1. The van der Waals surface area contributed by atoms with Crippen molar-refractivity contribution < 1.29 is 18.0 Å².